The number of carbonyl (C=O) groups is 1. The summed E-state index contributed by atoms with van der Waals surface area (Å²) in [6.45, 7) is 5.16. The molecule has 0 unspecified atom stereocenters. The highest BCUT2D eigenvalue weighted by Crippen LogP contribution is 2.15. The van der Waals surface area contributed by atoms with Gasteiger partial charge < -0.3 is 5.32 Å². The first kappa shape index (κ1) is 14.7. The number of hydrogen-bond donors (Lipinski definition) is 1. The van der Waals surface area contributed by atoms with E-state index in [1.807, 2.05) is 43.5 Å². The maximum atomic E-state index is 12.4. The number of anilines is 1. The van der Waals surface area contributed by atoms with Gasteiger partial charge >= 0.3 is 0 Å². The van der Waals surface area contributed by atoms with Crippen molar-refractivity contribution in [2.75, 3.05) is 18.4 Å². The zero-order chi connectivity index (χ0) is 15.4. The Hall–Kier alpha value is -2.20. The van der Waals surface area contributed by atoms with E-state index in [0.717, 1.165) is 36.4 Å². The summed E-state index contributed by atoms with van der Waals surface area (Å²) >= 11 is 0. The summed E-state index contributed by atoms with van der Waals surface area (Å²) in [5, 5.41) is 2.93. The Morgan fingerprint density at radius 1 is 1.23 bits per heavy atom. The molecular weight excluding hydrogens is 274 g/mol. The lowest BCUT2D eigenvalue weighted by Gasteiger charge is -2.14. The van der Waals surface area contributed by atoms with E-state index in [1.165, 1.54) is 12.8 Å². The molecule has 1 aliphatic heterocycles. The highest BCUT2D eigenvalue weighted by atomic mass is 16.1. The second-order valence-corrected chi connectivity index (χ2v) is 5.89. The molecule has 2 heterocycles. The first-order valence-corrected chi connectivity index (χ1v) is 7.75. The van der Waals surface area contributed by atoms with Crippen LogP contribution in [0.25, 0.3) is 0 Å². The Balaban J connectivity index is 1.69. The van der Waals surface area contributed by atoms with Crippen LogP contribution in [-0.4, -0.2) is 28.9 Å². The van der Waals surface area contributed by atoms with Crippen LogP contribution in [0, 0.1) is 6.92 Å². The predicted octanol–water partition coefficient (Wildman–Crippen LogP) is 3.24. The molecule has 1 aromatic carbocycles. The third-order valence-corrected chi connectivity index (χ3v) is 3.94. The maximum Gasteiger partial charge on any atom is 0.257 e. The number of aryl methyl sites for hydroxylation is 1. The summed E-state index contributed by atoms with van der Waals surface area (Å²) in [5.41, 5.74) is 3.64. The van der Waals surface area contributed by atoms with E-state index in [4.69, 9.17) is 0 Å². The van der Waals surface area contributed by atoms with Crippen LogP contribution in [0.15, 0.2) is 42.7 Å². The molecule has 1 aromatic heterocycles. The van der Waals surface area contributed by atoms with Crippen molar-refractivity contribution >= 4 is 11.6 Å². The Morgan fingerprint density at radius 3 is 2.82 bits per heavy atom. The van der Waals surface area contributed by atoms with Gasteiger partial charge in [0.15, 0.2) is 0 Å². The number of benzene rings is 1. The lowest BCUT2D eigenvalue weighted by atomic mass is 10.1. The number of nitrogens with zero attached hydrogens (tertiary/aromatic N) is 2. The van der Waals surface area contributed by atoms with Gasteiger partial charge in [0, 0.05) is 24.6 Å². The lowest BCUT2D eigenvalue weighted by molar-refractivity contribution is 0.102. The minimum Gasteiger partial charge on any atom is -0.322 e. The fraction of sp³-hybridized carbons (Fsp3) is 0.333. The van der Waals surface area contributed by atoms with Crippen molar-refractivity contribution in [1.29, 1.82) is 0 Å². The van der Waals surface area contributed by atoms with E-state index >= 15 is 0 Å². The Morgan fingerprint density at radius 2 is 2.05 bits per heavy atom. The summed E-state index contributed by atoms with van der Waals surface area (Å²) in [5.74, 6) is -0.110. The number of aromatic nitrogens is 1. The second kappa shape index (κ2) is 6.71. The molecule has 0 radical (unpaired) electrons. The van der Waals surface area contributed by atoms with Crippen molar-refractivity contribution in [3.05, 3.63) is 59.4 Å². The highest BCUT2D eigenvalue weighted by Gasteiger charge is 2.13. The number of pyridine rings is 1. The molecule has 1 fully saturated rings. The number of hydrogen-bond acceptors (Lipinski definition) is 3. The van der Waals surface area contributed by atoms with Crippen molar-refractivity contribution in [3.8, 4) is 0 Å². The monoisotopic (exact) mass is 295 g/mol. The molecule has 1 N–H and O–H groups in total. The van der Waals surface area contributed by atoms with Crippen LogP contribution in [0.2, 0.25) is 0 Å². The van der Waals surface area contributed by atoms with Gasteiger partial charge in [0.1, 0.15) is 0 Å². The summed E-state index contributed by atoms with van der Waals surface area (Å²) in [6, 6.07) is 9.74. The van der Waals surface area contributed by atoms with Crippen LogP contribution in [0.4, 0.5) is 5.69 Å². The number of rotatable bonds is 4. The molecular formula is C18H21N3O. The largest absolute Gasteiger partial charge is 0.322 e. The predicted molar refractivity (Wildman–Crippen MR) is 87.9 cm³/mol. The van der Waals surface area contributed by atoms with Crippen LogP contribution in [-0.2, 0) is 6.54 Å². The van der Waals surface area contributed by atoms with Crippen molar-refractivity contribution in [1.82, 2.24) is 9.88 Å². The third kappa shape index (κ3) is 3.71. The van der Waals surface area contributed by atoms with E-state index in [-0.39, 0.29) is 5.91 Å². The Bertz CT molecular complexity index is 663. The number of amides is 1. The molecule has 1 amide bonds. The second-order valence-electron chi connectivity index (χ2n) is 5.89. The van der Waals surface area contributed by atoms with Crippen molar-refractivity contribution in [2.24, 2.45) is 0 Å². The quantitative estimate of drug-likeness (QED) is 0.942. The zero-order valence-corrected chi connectivity index (χ0v) is 12.9. The van der Waals surface area contributed by atoms with Gasteiger partial charge in [0.25, 0.3) is 5.91 Å². The fourth-order valence-corrected chi connectivity index (χ4v) is 2.82. The Kier molecular flexibility index (Phi) is 4.49. The van der Waals surface area contributed by atoms with Crippen LogP contribution >= 0.6 is 0 Å². The topological polar surface area (TPSA) is 45.2 Å². The Labute approximate surface area is 131 Å². The maximum absolute atomic E-state index is 12.4. The molecule has 0 saturated carbocycles. The molecule has 3 rings (SSSR count). The van der Waals surface area contributed by atoms with Crippen molar-refractivity contribution in [2.45, 2.75) is 26.3 Å². The minimum atomic E-state index is -0.110. The minimum absolute atomic E-state index is 0.110. The van der Waals surface area contributed by atoms with Gasteiger partial charge in [-0.1, -0.05) is 12.1 Å². The van der Waals surface area contributed by atoms with E-state index < -0.39 is 0 Å². The third-order valence-electron chi connectivity index (χ3n) is 3.94. The van der Waals surface area contributed by atoms with Crippen molar-refractivity contribution in [3.63, 3.8) is 0 Å². The lowest BCUT2D eigenvalue weighted by Crippen LogP contribution is -2.19. The van der Waals surface area contributed by atoms with Gasteiger partial charge in [-0.3, -0.25) is 14.7 Å². The van der Waals surface area contributed by atoms with E-state index in [0.29, 0.717) is 5.56 Å². The van der Waals surface area contributed by atoms with Gasteiger partial charge in [0.2, 0.25) is 0 Å². The molecule has 0 atom stereocenters. The standard InChI is InChI=1S/C18H21N3O/c1-14-5-4-6-17(9-14)20-18(22)16-10-15(11-19-12-16)13-21-7-2-3-8-21/h4-6,9-12H,2-3,7-8,13H2,1H3,(H,20,22). The van der Waals surface area contributed by atoms with E-state index in [1.54, 1.807) is 6.20 Å². The molecule has 0 bridgehead atoms. The number of carbonyl (C=O) groups excluding carboxylic acids is 1. The van der Waals surface area contributed by atoms with Crippen LogP contribution in [0.3, 0.4) is 0 Å². The average Bonchev–Trinajstić information content (AvgIpc) is 3.00. The SMILES string of the molecule is Cc1cccc(NC(=O)c2cncc(CN3CCCC3)c2)c1. The first-order valence-electron chi connectivity index (χ1n) is 7.75. The summed E-state index contributed by atoms with van der Waals surface area (Å²) in [6.07, 6.45) is 6.00. The van der Waals surface area contributed by atoms with Crippen molar-refractivity contribution < 1.29 is 4.79 Å². The molecule has 0 spiro atoms. The van der Waals surface area contributed by atoms with Crippen LogP contribution in [0.5, 0.6) is 0 Å². The molecule has 2 aromatic rings. The first-order chi connectivity index (χ1) is 10.7. The molecule has 1 saturated heterocycles. The van der Waals surface area contributed by atoms with Crippen LogP contribution in [0.1, 0.15) is 34.3 Å². The van der Waals surface area contributed by atoms with E-state index in [2.05, 4.69) is 15.2 Å². The van der Waals surface area contributed by atoms with Gasteiger partial charge in [0.05, 0.1) is 5.56 Å². The summed E-state index contributed by atoms with van der Waals surface area (Å²) in [4.78, 5) is 19.0. The smallest absolute Gasteiger partial charge is 0.257 e. The summed E-state index contributed by atoms with van der Waals surface area (Å²) in [7, 11) is 0. The molecule has 1 aliphatic rings. The van der Waals surface area contributed by atoms with E-state index in [9.17, 15) is 4.79 Å². The molecule has 22 heavy (non-hydrogen) atoms. The number of nitrogens with one attached hydrogen (secondary N) is 1. The van der Waals surface area contributed by atoms with Gasteiger partial charge in [-0.15, -0.1) is 0 Å². The highest BCUT2D eigenvalue weighted by molar-refractivity contribution is 6.04. The van der Waals surface area contributed by atoms with Gasteiger partial charge in [-0.05, 0) is 62.2 Å². The fourth-order valence-electron chi connectivity index (χ4n) is 2.82. The average molecular weight is 295 g/mol. The molecule has 4 nitrogen and oxygen atoms in total. The van der Waals surface area contributed by atoms with Gasteiger partial charge in [-0.25, -0.2) is 0 Å². The number of likely N-dealkylation sites (tertiary alicyclic amines) is 1. The molecule has 4 heteroatoms. The summed E-state index contributed by atoms with van der Waals surface area (Å²) < 4.78 is 0. The van der Waals surface area contributed by atoms with Gasteiger partial charge in [-0.2, -0.15) is 0 Å². The molecule has 114 valence electrons. The zero-order valence-electron chi connectivity index (χ0n) is 12.9. The normalized spacial score (nSPS) is 15.0. The van der Waals surface area contributed by atoms with Crippen LogP contribution < -0.4 is 5.32 Å². The molecule has 0 aliphatic carbocycles.